The summed E-state index contributed by atoms with van der Waals surface area (Å²) in [6.45, 7) is 4.73. The highest BCUT2D eigenvalue weighted by Crippen LogP contribution is 2.18. The van der Waals surface area contributed by atoms with Crippen LogP contribution in [0.3, 0.4) is 0 Å². The molecule has 21 heavy (non-hydrogen) atoms. The molecule has 0 saturated carbocycles. The number of hydrogen-bond donors (Lipinski definition) is 0. The summed E-state index contributed by atoms with van der Waals surface area (Å²) >= 11 is 0. The Morgan fingerprint density at radius 2 is 2.05 bits per heavy atom. The lowest BCUT2D eigenvalue weighted by atomic mass is 10.1. The highest BCUT2D eigenvalue weighted by molar-refractivity contribution is 5.81. The Labute approximate surface area is 122 Å². The molecule has 0 aliphatic heterocycles. The van der Waals surface area contributed by atoms with Gasteiger partial charge in [0.25, 0.3) is 0 Å². The van der Waals surface area contributed by atoms with E-state index in [1.165, 1.54) is 6.07 Å². The zero-order valence-corrected chi connectivity index (χ0v) is 12.1. The molecule has 1 atom stereocenters. The van der Waals surface area contributed by atoms with E-state index in [9.17, 15) is 13.6 Å². The third-order valence-corrected chi connectivity index (χ3v) is 3.09. The molecule has 1 rings (SSSR count). The number of nitriles is 1. The molecule has 114 valence electrons. The monoisotopic (exact) mass is 296 g/mol. The van der Waals surface area contributed by atoms with Gasteiger partial charge in [0.2, 0.25) is 5.91 Å². The fraction of sp³-hybridized carbons (Fsp3) is 0.467. The largest absolute Gasteiger partial charge is 0.490 e. The zero-order chi connectivity index (χ0) is 15.8. The average Bonchev–Trinajstić information content (AvgIpc) is 2.46. The predicted octanol–water partition coefficient (Wildman–Crippen LogP) is 2.74. The number of carbonyl (C=O) groups excluding carboxylic acids is 1. The van der Waals surface area contributed by atoms with E-state index in [0.717, 1.165) is 12.1 Å². The molecular formula is C15H18F2N2O2. The van der Waals surface area contributed by atoms with E-state index in [4.69, 9.17) is 10.00 Å². The van der Waals surface area contributed by atoms with E-state index in [1.54, 1.807) is 4.90 Å². The van der Waals surface area contributed by atoms with Gasteiger partial charge in [0.15, 0.2) is 11.6 Å². The molecule has 0 aliphatic rings. The topological polar surface area (TPSA) is 53.3 Å². The molecule has 4 nitrogen and oxygen atoms in total. The van der Waals surface area contributed by atoms with Gasteiger partial charge in [-0.25, -0.2) is 8.78 Å². The molecule has 0 saturated heterocycles. The molecule has 0 N–H and O–H groups in total. The van der Waals surface area contributed by atoms with Gasteiger partial charge >= 0.3 is 0 Å². The van der Waals surface area contributed by atoms with Crippen LogP contribution in [0.25, 0.3) is 0 Å². The van der Waals surface area contributed by atoms with Crippen LogP contribution in [-0.4, -0.2) is 30.5 Å². The van der Waals surface area contributed by atoms with Gasteiger partial charge in [-0.05, 0) is 26.0 Å². The van der Waals surface area contributed by atoms with Crippen molar-refractivity contribution in [1.29, 1.82) is 5.26 Å². The van der Waals surface area contributed by atoms with E-state index in [-0.39, 0.29) is 24.7 Å². The Bertz CT molecular complexity index is 525. The average molecular weight is 296 g/mol. The fourth-order valence-corrected chi connectivity index (χ4v) is 1.88. The molecule has 6 heteroatoms. The van der Waals surface area contributed by atoms with Gasteiger partial charge in [0, 0.05) is 25.6 Å². The van der Waals surface area contributed by atoms with Crippen LogP contribution in [0, 0.1) is 28.9 Å². The molecule has 0 bridgehead atoms. The van der Waals surface area contributed by atoms with E-state index < -0.39 is 17.6 Å². The van der Waals surface area contributed by atoms with Crippen LogP contribution in [0.4, 0.5) is 8.78 Å². The molecule has 1 amide bonds. The summed E-state index contributed by atoms with van der Waals surface area (Å²) in [5.74, 6) is -2.67. The molecule has 0 spiro atoms. The first-order chi connectivity index (χ1) is 10.0. The van der Waals surface area contributed by atoms with E-state index in [1.807, 2.05) is 19.9 Å². The minimum Gasteiger partial charge on any atom is -0.490 e. The quantitative estimate of drug-likeness (QED) is 0.777. The van der Waals surface area contributed by atoms with Gasteiger partial charge in [0.05, 0.1) is 12.7 Å². The molecule has 0 heterocycles. The van der Waals surface area contributed by atoms with Crippen LogP contribution in [-0.2, 0) is 4.79 Å². The van der Waals surface area contributed by atoms with E-state index >= 15 is 0 Å². The second-order valence-electron chi connectivity index (χ2n) is 4.40. The van der Waals surface area contributed by atoms with E-state index in [0.29, 0.717) is 13.1 Å². The Morgan fingerprint density at radius 3 is 2.57 bits per heavy atom. The van der Waals surface area contributed by atoms with Crippen LogP contribution in [0.15, 0.2) is 18.2 Å². The maximum absolute atomic E-state index is 13.3. The summed E-state index contributed by atoms with van der Waals surface area (Å²) in [4.78, 5) is 13.6. The number of nitrogens with zero attached hydrogens (tertiary/aromatic N) is 2. The van der Waals surface area contributed by atoms with Crippen LogP contribution in [0.1, 0.15) is 20.3 Å². The zero-order valence-electron chi connectivity index (χ0n) is 12.1. The van der Waals surface area contributed by atoms with Crippen molar-refractivity contribution >= 4 is 5.91 Å². The van der Waals surface area contributed by atoms with Crippen molar-refractivity contribution in [3.63, 3.8) is 0 Å². The van der Waals surface area contributed by atoms with E-state index in [2.05, 4.69) is 0 Å². The molecule has 1 aromatic carbocycles. The van der Waals surface area contributed by atoms with Crippen molar-refractivity contribution < 1.29 is 18.3 Å². The van der Waals surface area contributed by atoms with Gasteiger partial charge in [-0.15, -0.1) is 0 Å². The third-order valence-electron chi connectivity index (χ3n) is 3.09. The highest BCUT2D eigenvalue weighted by Gasteiger charge is 2.22. The number of ether oxygens (including phenoxy) is 1. The second-order valence-corrected chi connectivity index (χ2v) is 4.40. The fourth-order valence-electron chi connectivity index (χ4n) is 1.88. The molecular weight excluding hydrogens is 278 g/mol. The number of amides is 1. The van der Waals surface area contributed by atoms with Crippen LogP contribution >= 0.6 is 0 Å². The van der Waals surface area contributed by atoms with Crippen LogP contribution in [0.2, 0.25) is 0 Å². The first kappa shape index (κ1) is 16.9. The Kier molecular flexibility index (Phi) is 6.60. The summed E-state index contributed by atoms with van der Waals surface area (Å²) in [7, 11) is 0. The van der Waals surface area contributed by atoms with Crippen molar-refractivity contribution in [2.75, 3.05) is 19.7 Å². The van der Waals surface area contributed by atoms with Crippen molar-refractivity contribution in [3.05, 3.63) is 29.8 Å². The third kappa shape index (κ3) is 4.71. The minimum absolute atomic E-state index is 0.00773. The lowest BCUT2D eigenvalue weighted by Crippen LogP contribution is -2.36. The summed E-state index contributed by atoms with van der Waals surface area (Å²) in [6, 6.07) is 4.92. The molecule has 0 fully saturated rings. The van der Waals surface area contributed by atoms with Crippen LogP contribution in [0.5, 0.6) is 5.75 Å². The summed E-state index contributed by atoms with van der Waals surface area (Å²) in [6.07, 6.45) is 0.155. The van der Waals surface area contributed by atoms with Crippen molar-refractivity contribution in [3.8, 4) is 11.8 Å². The molecule has 1 aromatic rings. The summed E-state index contributed by atoms with van der Waals surface area (Å²) < 4.78 is 31.2. The lowest BCUT2D eigenvalue weighted by Gasteiger charge is -2.21. The smallest absolute Gasteiger partial charge is 0.240 e. The normalized spacial score (nSPS) is 11.6. The Morgan fingerprint density at radius 1 is 1.38 bits per heavy atom. The van der Waals surface area contributed by atoms with Crippen molar-refractivity contribution in [1.82, 2.24) is 4.90 Å². The predicted molar refractivity (Wildman–Crippen MR) is 73.5 cm³/mol. The number of benzene rings is 1. The first-order valence-corrected chi connectivity index (χ1v) is 6.79. The van der Waals surface area contributed by atoms with Gasteiger partial charge in [-0.3, -0.25) is 4.79 Å². The van der Waals surface area contributed by atoms with Gasteiger partial charge in [-0.1, -0.05) is 0 Å². The van der Waals surface area contributed by atoms with Crippen molar-refractivity contribution in [2.45, 2.75) is 20.3 Å². The Balaban J connectivity index is 2.56. The molecule has 0 aromatic heterocycles. The number of carbonyl (C=O) groups is 1. The van der Waals surface area contributed by atoms with Crippen LogP contribution < -0.4 is 4.74 Å². The summed E-state index contributed by atoms with van der Waals surface area (Å²) in [5, 5.41) is 9.05. The number of rotatable bonds is 7. The second kappa shape index (κ2) is 8.20. The summed E-state index contributed by atoms with van der Waals surface area (Å²) in [5.41, 5.74) is 0. The maximum Gasteiger partial charge on any atom is 0.240 e. The standard InChI is InChI=1S/C15H18F2N2O2/c1-3-19(4-2)15(20)11(10-18)7-8-21-14-6-5-12(16)9-13(14)17/h5-6,9,11H,3-4,7-8H2,1-2H3. The number of hydrogen-bond acceptors (Lipinski definition) is 3. The minimum atomic E-state index is -0.826. The van der Waals surface area contributed by atoms with Gasteiger partial charge < -0.3 is 9.64 Å². The SMILES string of the molecule is CCN(CC)C(=O)C(C#N)CCOc1ccc(F)cc1F. The molecule has 1 unspecified atom stereocenters. The highest BCUT2D eigenvalue weighted by atomic mass is 19.1. The maximum atomic E-state index is 13.3. The molecule has 0 aliphatic carbocycles. The van der Waals surface area contributed by atoms with Gasteiger partial charge in [0.1, 0.15) is 11.7 Å². The van der Waals surface area contributed by atoms with Crippen molar-refractivity contribution in [2.24, 2.45) is 5.92 Å². The Hall–Kier alpha value is -2.16. The van der Waals surface area contributed by atoms with Gasteiger partial charge in [-0.2, -0.15) is 5.26 Å². The number of halogens is 2. The first-order valence-electron chi connectivity index (χ1n) is 6.79. The molecule has 0 radical (unpaired) electrons. The lowest BCUT2D eigenvalue weighted by molar-refractivity contribution is -0.133.